The number of nitrogens with one attached hydrogen (secondary N) is 1. The zero-order chi connectivity index (χ0) is 22.3. The van der Waals surface area contributed by atoms with Gasteiger partial charge in [0.2, 0.25) is 5.91 Å². The van der Waals surface area contributed by atoms with E-state index in [-0.39, 0.29) is 17.7 Å². The summed E-state index contributed by atoms with van der Waals surface area (Å²) in [6, 6.07) is 24.2. The number of hydrogen-bond donors (Lipinski definition) is 1. The van der Waals surface area contributed by atoms with Crippen molar-refractivity contribution in [2.45, 2.75) is 19.4 Å². The quantitative estimate of drug-likeness (QED) is 0.548. The van der Waals surface area contributed by atoms with Crippen LogP contribution in [0, 0.1) is 5.92 Å². The van der Waals surface area contributed by atoms with Gasteiger partial charge in [-0.1, -0.05) is 54.1 Å². The number of rotatable bonds is 6. The van der Waals surface area contributed by atoms with Crippen LogP contribution in [0.4, 0.5) is 5.69 Å². The summed E-state index contributed by atoms with van der Waals surface area (Å²) in [4.78, 5) is 27.5. The number of para-hydroxylation sites is 2. The SMILES string of the molecule is O=C(Nc1ccccc1)C1CCN(C(=O)c2ccccc2OCc2ccc(Cl)cc2)CC1. The van der Waals surface area contributed by atoms with Crippen molar-refractivity contribution in [1.82, 2.24) is 4.90 Å². The van der Waals surface area contributed by atoms with Crippen molar-refractivity contribution in [3.63, 3.8) is 0 Å². The molecule has 32 heavy (non-hydrogen) atoms. The Labute approximate surface area is 193 Å². The third-order valence-corrected chi connectivity index (χ3v) is 5.87. The summed E-state index contributed by atoms with van der Waals surface area (Å²) in [6.07, 6.45) is 1.27. The van der Waals surface area contributed by atoms with E-state index < -0.39 is 0 Å². The predicted octanol–water partition coefficient (Wildman–Crippen LogP) is 5.41. The van der Waals surface area contributed by atoms with Crippen LogP contribution in [0.15, 0.2) is 78.9 Å². The van der Waals surface area contributed by atoms with Crippen molar-refractivity contribution in [2.75, 3.05) is 18.4 Å². The number of likely N-dealkylation sites (tertiary alicyclic amines) is 1. The first-order chi connectivity index (χ1) is 15.6. The van der Waals surface area contributed by atoms with Gasteiger partial charge in [0.25, 0.3) is 5.91 Å². The molecular weight excluding hydrogens is 424 g/mol. The lowest BCUT2D eigenvalue weighted by molar-refractivity contribution is -0.121. The largest absolute Gasteiger partial charge is 0.488 e. The van der Waals surface area contributed by atoms with Crippen LogP contribution in [0.5, 0.6) is 5.75 Å². The molecule has 1 aliphatic rings. The monoisotopic (exact) mass is 448 g/mol. The van der Waals surface area contributed by atoms with Gasteiger partial charge in [0.05, 0.1) is 5.56 Å². The molecule has 1 N–H and O–H groups in total. The van der Waals surface area contributed by atoms with Crippen LogP contribution in [0.3, 0.4) is 0 Å². The molecule has 0 radical (unpaired) electrons. The fraction of sp³-hybridized carbons (Fsp3) is 0.231. The summed E-state index contributed by atoms with van der Waals surface area (Å²) in [5, 5.41) is 3.63. The smallest absolute Gasteiger partial charge is 0.257 e. The second kappa shape index (κ2) is 10.3. The average Bonchev–Trinajstić information content (AvgIpc) is 2.84. The highest BCUT2D eigenvalue weighted by molar-refractivity contribution is 6.30. The zero-order valence-electron chi connectivity index (χ0n) is 17.7. The first-order valence-electron chi connectivity index (χ1n) is 10.7. The number of carbonyl (C=O) groups excluding carboxylic acids is 2. The van der Waals surface area contributed by atoms with E-state index in [0.717, 1.165) is 11.3 Å². The maximum absolute atomic E-state index is 13.2. The molecule has 6 heteroatoms. The predicted molar refractivity (Wildman–Crippen MR) is 126 cm³/mol. The lowest BCUT2D eigenvalue weighted by atomic mass is 9.95. The number of anilines is 1. The van der Waals surface area contributed by atoms with E-state index in [0.29, 0.717) is 48.9 Å². The number of carbonyl (C=O) groups is 2. The molecule has 2 amide bonds. The van der Waals surface area contributed by atoms with Crippen LogP contribution in [-0.2, 0) is 11.4 Å². The van der Waals surface area contributed by atoms with Gasteiger partial charge >= 0.3 is 0 Å². The number of amides is 2. The van der Waals surface area contributed by atoms with Crippen LogP contribution in [-0.4, -0.2) is 29.8 Å². The van der Waals surface area contributed by atoms with Gasteiger partial charge < -0.3 is 15.0 Å². The molecule has 5 nitrogen and oxygen atoms in total. The van der Waals surface area contributed by atoms with Gasteiger partial charge in [0.15, 0.2) is 0 Å². The number of nitrogens with zero attached hydrogens (tertiary/aromatic N) is 1. The molecule has 3 aromatic rings. The first kappa shape index (κ1) is 21.9. The lowest BCUT2D eigenvalue weighted by Gasteiger charge is -2.31. The normalized spacial score (nSPS) is 14.1. The summed E-state index contributed by atoms with van der Waals surface area (Å²) in [5.74, 6) is 0.390. The molecule has 1 fully saturated rings. The first-order valence-corrected chi connectivity index (χ1v) is 11.1. The van der Waals surface area contributed by atoms with E-state index in [1.54, 1.807) is 11.0 Å². The van der Waals surface area contributed by atoms with Gasteiger partial charge in [-0.2, -0.15) is 0 Å². The minimum atomic E-state index is -0.101. The summed E-state index contributed by atoms with van der Waals surface area (Å²) < 4.78 is 5.95. The molecule has 164 valence electrons. The highest BCUT2D eigenvalue weighted by Gasteiger charge is 2.29. The van der Waals surface area contributed by atoms with Crippen molar-refractivity contribution in [2.24, 2.45) is 5.92 Å². The third kappa shape index (κ3) is 5.48. The number of benzene rings is 3. The number of hydrogen-bond acceptors (Lipinski definition) is 3. The molecule has 0 atom stereocenters. The maximum Gasteiger partial charge on any atom is 0.257 e. The number of piperidine rings is 1. The topological polar surface area (TPSA) is 58.6 Å². The second-order valence-corrected chi connectivity index (χ2v) is 8.27. The van der Waals surface area contributed by atoms with Crippen molar-refractivity contribution < 1.29 is 14.3 Å². The highest BCUT2D eigenvalue weighted by Crippen LogP contribution is 2.25. The molecule has 0 bridgehead atoms. The van der Waals surface area contributed by atoms with Gasteiger partial charge in [-0.15, -0.1) is 0 Å². The standard InChI is InChI=1S/C26H25ClN2O3/c27-21-12-10-19(11-13-21)18-32-24-9-5-4-8-23(24)26(31)29-16-14-20(15-17-29)25(30)28-22-6-2-1-3-7-22/h1-13,20H,14-18H2,(H,28,30). The van der Waals surface area contributed by atoms with Crippen LogP contribution >= 0.6 is 11.6 Å². The third-order valence-electron chi connectivity index (χ3n) is 5.62. The van der Waals surface area contributed by atoms with E-state index in [9.17, 15) is 9.59 Å². The Morgan fingerprint density at radius 2 is 1.56 bits per heavy atom. The number of ether oxygens (including phenoxy) is 1. The Morgan fingerprint density at radius 3 is 2.28 bits per heavy atom. The van der Waals surface area contributed by atoms with Crippen molar-refractivity contribution in [3.05, 3.63) is 95.0 Å². The molecule has 1 aliphatic heterocycles. The molecule has 0 unspecified atom stereocenters. The Kier molecular flexibility index (Phi) is 7.07. The van der Waals surface area contributed by atoms with Crippen molar-refractivity contribution >= 4 is 29.1 Å². The summed E-state index contributed by atoms with van der Waals surface area (Å²) >= 11 is 5.94. The average molecular weight is 449 g/mol. The summed E-state index contributed by atoms with van der Waals surface area (Å²) in [6.45, 7) is 1.43. The van der Waals surface area contributed by atoms with Gasteiger partial charge in [0, 0.05) is 29.7 Å². The summed E-state index contributed by atoms with van der Waals surface area (Å²) in [5.41, 5.74) is 2.30. The van der Waals surface area contributed by atoms with Crippen LogP contribution in [0.2, 0.25) is 5.02 Å². The maximum atomic E-state index is 13.2. The Bertz CT molecular complexity index is 1060. The molecule has 3 aromatic carbocycles. The van der Waals surface area contributed by atoms with E-state index >= 15 is 0 Å². The number of halogens is 1. The molecule has 4 rings (SSSR count). The summed E-state index contributed by atoms with van der Waals surface area (Å²) in [7, 11) is 0. The molecule has 0 aromatic heterocycles. The zero-order valence-corrected chi connectivity index (χ0v) is 18.4. The molecule has 0 spiro atoms. The minimum absolute atomic E-state index is 0.00926. The van der Waals surface area contributed by atoms with Crippen LogP contribution in [0.1, 0.15) is 28.8 Å². The molecule has 1 heterocycles. The Balaban J connectivity index is 1.35. The van der Waals surface area contributed by atoms with Crippen molar-refractivity contribution in [3.8, 4) is 5.75 Å². The lowest BCUT2D eigenvalue weighted by Crippen LogP contribution is -2.41. The Hall–Kier alpha value is -3.31. The van der Waals surface area contributed by atoms with E-state index in [2.05, 4.69) is 5.32 Å². The van der Waals surface area contributed by atoms with E-state index in [4.69, 9.17) is 16.3 Å². The molecule has 0 saturated carbocycles. The van der Waals surface area contributed by atoms with Gasteiger partial charge in [-0.25, -0.2) is 0 Å². The van der Waals surface area contributed by atoms with E-state index in [1.807, 2.05) is 72.8 Å². The fourth-order valence-corrected chi connectivity index (χ4v) is 3.92. The minimum Gasteiger partial charge on any atom is -0.488 e. The Morgan fingerprint density at radius 1 is 0.906 bits per heavy atom. The molecule has 1 saturated heterocycles. The molecular formula is C26H25ClN2O3. The highest BCUT2D eigenvalue weighted by atomic mass is 35.5. The van der Waals surface area contributed by atoms with Crippen molar-refractivity contribution in [1.29, 1.82) is 0 Å². The van der Waals surface area contributed by atoms with Gasteiger partial charge in [-0.3, -0.25) is 9.59 Å². The van der Waals surface area contributed by atoms with Gasteiger partial charge in [-0.05, 0) is 54.8 Å². The molecule has 0 aliphatic carbocycles. The van der Waals surface area contributed by atoms with Gasteiger partial charge in [0.1, 0.15) is 12.4 Å². The van der Waals surface area contributed by atoms with E-state index in [1.165, 1.54) is 0 Å². The second-order valence-electron chi connectivity index (χ2n) is 7.83. The van der Waals surface area contributed by atoms with Crippen LogP contribution in [0.25, 0.3) is 0 Å². The fourth-order valence-electron chi connectivity index (χ4n) is 3.79. The van der Waals surface area contributed by atoms with Crippen LogP contribution < -0.4 is 10.1 Å².